The molecule has 1 heterocycles. The van der Waals surface area contributed by atoms with Crippen molar-refractivity contribution in [1.82, 2.24) is 0 Å². The molecule has 1 aromatic carbocycles. The Hall–Kier alpha value is -0.160. The second-order valence-corrected chi connectivity index (χ2v) is 7.13. The van der Waals surface area contributed by atoms with Gasteiger partial charge in [-0.05, 0) is 49.2 Å². The van der Waals surface area contributed by atoms with Gasteiger partial charge in [0.1, 0.15) is 6.10 Å². The molecule has 1 N–H and O–H groups in total. The maximum absolute atomic E-state index is 10.4. The van der Waals surface area contributed by atoms with Crippen molar-refractivity contribution in [2.75, 3.05) is 0 Å². The molecule has 0 amide bonds. The fourth-order valence-electron chi connectivity index (χ4n) is 1.82. The Labute approximate surface area is 122 Å². The van der Waals surface area contributed by atoms with E-state index in [9.17, 15) is 5.11 Å². The van der Waals surface area contributed by atoms with Gasteiger partial charge in [0, 0.05) is 18.7 Å². The van der Waals surface area contributed by atoms with Crippen LogP contribution in [0.25, 0.3) is 0 Å². The molecule has 0 fully saturated rings. The zero-order valence-electron chi connectivity index (χ0n) is 9.50. The molecule has 1 aromatic heterocycles. The monoisotopic (exact) mass is 374 g/mol. The first kappa shape index (κ1) is 13.3. The normalized spacial score (nSPS) is 12.8. The highest BCUT2D eigenvalue weighted by atomic mass is 79.9. The van der Waals surface area contributed by atoms with Gasteiger partial charge in [0.15, 0.2) is 0 Å². The van der Waals surface area contributed by atoms with E-state index in [1.165, 1.54) is 4.88 Å². The third-order valence-electron chi connectivity index (χ3n) is 2.53. The van der Waals surface area contributed by atoms with Gasteiger partial charge in [0.25, 0.3) is 0 Å². The minimum Gasteiger partial charge on any atom is -0.383 e. The highest BCUT2D eigenvalue weighted by molar-refractivity contribution is 9.11. The first-order valence-corrected chi connectivity index (χ1v) is 7.58. The molecule has 4 heteroatoms. The van der Waals surface area contributed by atoms with E-state index in [-0.39, 0.29) is 0 Å². The van der Waals surface area contributed by atoms with Crippen LogP contribution in [-0.4, -0.2) is 5.11 Å². The summed E-state index contributed by atoms with van der Waals surface area (Å²) in [6.07, 6.45) is -0.553. The lowest BCUT2D eigenvalue weighted by Gasteiger charge is -2.11. The van der Waals surface area contributed by atoms with Crippen molar-refractivity contribution in [2.24, 2.45) is 0 Å². The van der Waals surface area contributed by atoms with Gasteiger partial charge in [-0.2, -0.15) is 0 Å². The maximum atomic E-state index is 10.4. The molecule has 0 saturated carbocycles. The van der Waals surface area contributed by atoms with Crippen LogP contribution in [0, 0.1) is 13.8 Å². The summed E-state index contributed by atoms with van der Waals surface area (Å²) in [6, 6.07) is 7.97. The molecule has 1 nitrogen and oxygen atoms in total. The van der Waals surface area contributed by atoms with Crippen molar-refractivity contribution in [3.05, 3.63) is 54.1 Å². The van der Waals surface area contributed by atoms with E-state index in [0.717, 1.165) is 24.9 Å². The average molecular weight is 376 g/mol. The van der Waals surface area contributed by atoms with Crippen LogP contribution in [-0.2, 0) is 0 Å². The molecule has 0 aliphatic carbocycles. The van der Waals surface area contributed by atoms with E-state index < -0.39 is 6.10 Å². The summed E-state index contributed by atoms with van der Waals surface area (Å²) in [6.45, 7) is 4.10. The van der Waals surface area contributed by atoms with Crippen molar-refractivity contribution >= 4 is 43.2 Å². The zero-order valence-corrected chi connectivity index (χ0v) is 13.5. The molecular weight excluding hydrogens is 364 g/mol. The summed E-state index contributed by atoms with van der Waals surface area (Å²) in [5.74, 6) is 0. The molecular formula is C13H12Br2OS. The van der Waals surface area contributed by atoms with Crippen LogP contribution < -0.4 is 0 Å². The number of hydrogen-bond donors (Lipinski definition) is 1. The Morgan fingerprint density at radius 3 is 2.12 bits per heavy atom. The summed E-state index contributed by atoms with van der Waals surface area (Å²) in [4.78, 5) is 2.25. The van der Waals surface area contributed by atoms with Crippen molar-refractivity contribution in [3.8, 4) is 0 Å². The minimum absolute atomic E-state index is 0.553. The Balaban J connectivity index is 2.43. The lowest BCUT2D eigenvalue weighted by Crippen LogP contribution is -1.98. The second kappa shape index (κ2) is 5.22. The van der Waals surface area contributed by atoms with E-state index >= 15 is 0 Å². The Morgan fingerprint density at radius 1 is 1.06 bits per heavy atom. The largest absolute Gasteiger partial charge is 0.383 e. The van der Waals surface area contributed by atoms with Crippen molar-refractivity contribution in [1.29, 1.82) is 0 Å². The van der Waals surface area contributed by atoms with Gasteiger partial charge in [-0.3, -0.25) is 0 Å². The van der Waals surface area contributed by atoms with Gasteiger partial charge >= 0.3 is 0 Å². The van der Waals surface area contributed by atoms with Gasteiger partial charge in [-0.15, -0.1) is 11.3 Å². The van der Waals surface area contributed by atoms with Crippen LogP contribution >= 0.6 is 43.2 Å². The summed E-state index contributed by atoms with van der Waals surface area (Å²) < 4.78 is 1.93. The Morgan fingerprint density at radius 2 is 1.65 bits per heavy atom. The second-order valence-electron chi connectivity index (χ2n) is 4.01. The van der Waals surface area contributed by atoms with Crippen LogP contribution in [0.5, 0.6) is 0 Å². The molecule has 0 bridgehead atoms. The van der Waals surface area contributed by atoms with E-state index in [4.69, 9.17) is 0 Å². The van der Waals surface area contributed by atoms with E-state index in [1.54, 1.807) is 11.3 Å². The summed E-state index contributed by atoms with van der Waals surface area (Å²) >= 11 is 8.53. The lowest BCUT2D eigenvalue weighted by molar-refractivity contribution is 0.223. The molecule has 0 aliphatic rings. The molecule has 2 aromatic rings. The first-order chi connectivity index (χ1) is 7.97. The third-order valence-corrected chi connectivity index (χ3v) is 4.65. The number of aliphatic hydroxyl groups is 1. The average Bonchev–Trinajstić information content (AvgIpc) is 2.55. The number of thiophene rings is 1. The summed E-state index contributed by atoms with van der Waals surface area (Å²) in [5.41, 5.74) is 2.05. The van der Waals surface area contributed by atoms with Gasteiger partial charge < -0.3 is 5.11 Å². The molecule has 17 heavy (non-hydrogen) atoms. The van der Waals surface area contributed by atoms with Crippen LogP contribution in [0.3, 0.4) is 0 Å². The predicted molar refractivity (Wildman–Crippen MR) is 79.7 cm³/mol. The minimum atomic E-state index is -0.553. The zero-order chi connectivity index (χ0) is 12.6. The highest BCUT2D eigenvalue weighted by Gasteiger charge is 2.16. The van der Waals surface area contributed by atoms with Gasteiger partial charge in [0.05, 0.1) is 0 Å². The van der Waals surface area contributed by atoms with E-state index in [2.05, 4.69) is 44.8 Å². The fourth-order valence-corrected chi connectivity index (χ4v) is 4.19. The quantitative estimate of drug-likeness (QED) is 0.785. The first-order valence-electron chi connectivity index (χ1n) is 5.18. The van der Waals surface area contributed by atoms with Gasteiger partial charge in [-0.25, -0.2) is 0 Å². The van der Waals surface area contributed by atoms with Crippen LogP contribution in [0.15, 0.2) is 33.2 Å². The Kier molecular flexibility index (Phi) is 4.08. The van der Waals surface area contributed by atoms with E-state index in [1.807, 2.05) is 25.1 Å². The summed E-state index contributed by atoms with van der Waals surface area (Å²) in [5, 5.41) is 10.4. The van der Waals surface area contributed by atoms with E-state index in [0.29, 0.717) is 0 Å². The molecule has 2 rings (SSSR count). The Bertz CT molecular complexity index is 528. The number of aliphatic hydroxyl groups excluding tert-OH is 1. The van der Waals surface area contributed by atoms with Crippen molar-refractivity contribution < 1.29 is 5.11 Å². The number of benzene rings is 1. The molecule has 1 unspecified atom stereocenters. The SMILES string of the molecule is Cc1cc(C)c(C(O)c2cc(Br)cc(Br)c2)s1. The number of hydrogen-bond acceptors (Lipinski definition) is 2. The molecule has 90 valence electrons. The van der Waals surface area contributed by atoms with Crippen LogP contribution in [0.1, 0.15) is 27.0 Å². The fraction of sp³-hybridized carbons (Fsp3) is 0.231. The molecule has 0 radical (unpaired) electrons. The number of halogens is 2. The smallest absolute Gasteiger partial charge is 0.114 e. The van der Waals surface area contributed by atoms with Crippen LogP contribution in [0.2, 0.25) is 0 Å². The van der Waals surface area contributed by atoms with Gasteiger partial charge in [0.2, 0.25) is 0 Å². The number of rotatable bonds is 2. The van der Waals surface area contributed by atoms with Gasteiger partial charge in [-0.1, -0.05) is 31.9 Å². The molecule has 0 aliphatic heterocycles. The standard InChI is InChI=1S/C13H12Br2OS/c1-7-3-8(2)17-13(7)12(16)9-4-10(14)6-11(15)5-9/h3-6,12,16H,1-2H3. The number of aryl methyl sites for hydroxylation is 2. The maximum Gasteiger partial charge on any atom is 0.114 e. The third kappa shape index (κ3) is 2.99. The summed E-state index contributed by atoms with van der Waals surface area (Å²) in [7, 11) is 0. The molecule has 0 spiro atoms. The predicted octanol–water partition coefficient (Wildman–Crippen LogP) is 4.97. The topological polar surface area (TPSA) is 20.2 Å². The lowest BCUT2D eigenvalue weighted by atomic mass is 10.1. The van der Waals surface area contributed by atoms with Crippen molar-refractivity contribution in [3.63, 3.8) is 0 Å². The molecule has 0 saturated heterocycles. The molecule has 1 atom stereocenters. The van der Waals surface area contributed by atoms with Crippen LogP contribution in [0.4, 0.5) is 0 Å². The van der Waals surface area contributed by atoms with Crippen molar-refractivity contribution in [2.45, 2.75) is 20.0 Å². The highest BCUT2D eigenvalue weighted by Crippen LogP contribution is 2.34.